The first-order chi connectivity index (χ1) is 17.3. The van der Waals surface area contributed by atoms with Crippen LogP contribution >= 0.6 is 7.82 Å². The van der Waals surface area contributed by atoms with E-state index in [1.54, 1.807) is 41.5 Å². The van der Waals surface area contributed by atoms with Crippen molar-refractivity contribution in [1.82, 2.24) is 10.2 Å². The Balaban J connectivity index is 2.10. The number of amides is 2. The lowest BCUT2D eigenvalue weighted by Crippen LogP contribution is -2.55. The van der Waals surface area contributed by atoms with Crippen LogP contribution in [0, 0.1) is 10.8 Å². The fraction of sp³-hybridized carbons (Fsp3) is 0.696. The molecule has 14 nitrogen and oxygen atoms in total. The first kappa shape index (κ1) is 31.9. The average Bonchev–Trinajstić information content (AvgIpc) is 3.00. The molecular formula is C23H37N2O12P. The minimum Gasteiger partial charge on any atom is -0.437 e. The number of urea groups is 1. The first-order valence-corrected chi connectivity index (χ1v) is 13.1. The van der Waals surface area contributed by atoms with Gasteiger partial charge in [0.1, 0.15) is 17.8 Å². The van der Waals surface area contributed by atoms with E-state index in [0.29, 0.717) is 5.70 Å². The van der Waals surface area contributed by atoms with Crippen molar-refractivity contribution in [2.24, 2.45) is 10.8 Å². The van der Waals surface area contributed by atoms with Crippen LogP contribution in [0.4, 0.5) is 4.79 Å². The molecule has 38 heavy (non-hydrogen) atoms. The average molecular weight is 565 g/mol. The van der Waals surface area contributed by atoms with Gasteiger partial charge in [0.2, 0.25) is 13.6 Å². The highest BCUT2D eigenvalue weighted by Crippen LogP contribution is 2.50. The number of hydrogen-bond donors (Lipinski definition) is 3. The lowest BCUT2D eigenvalue weighted by atomic mass is 9.96. The molecule has 1 saturated heterocycles. The predicted octanol–water partition coefficient (Wildman–Crippen LogP) is 2.13. The molecule has 2 rings (SSSR count). The number of aliphatic hydroxyl groups is 2. The number of phosphoric ester groups is 1. The van der Waals surface area contributed by atoms with Crippen molar-refractivity contribution in [3.8, 4) is 0 Å². The van der Waals surface area contributed by atoms with Crippen molar-refractivity contribution < 1.29 is 56.9 Å². The summed E-state index contributed by atoms with van der Waals surface area (Å²) in [6, 6.07) is -0.657. The third kappa shape index (κ3) is 8.09. The van der Waals surface area contributed by atoms with E-state index >= 15 is 0 Å². The van der Waals surface area contributed by atoms with E-state index in [9.17, 15) is 29.2 Å². The number of ether oxygens (including phenoxy) is 3. The van der Waals surface area contributed by atoms with Gasteiger partial charge in [0.05, 0.1) is 17.4 Å². The van der Waals surface area contributed by atoms with Gasteiger partial charge in [0, 0.05) is 11.9 Å². The molecule has 2 aliphatic rings. The molecule has 216 valence electrons. The lowest BCUT2D eigenvalue weighted by Gasteiger charge is -2.35. The maximum atomic E-state index is 13.2. The molecule has 1 fully saturated rings. The molecule has 0 radical (unpaired) electrons. The number of nitrogens with zero attached hydrogens (tertiary/aromatic N) is 1. The van der Waals surface area contributed by atoms with Crippen molar-refractivity contribution >= 4 is 25.8 Å². The summed E-state index contributed by atoms with van der Waals surface area (Å²) in [6.45, 7) is 12.2. The number of aliphatic hydroxyl groups excluding tert-OH is 1. The van der Waals surface area contributed by atoms with Crippen LogP contribution in [0.3, 0.4) is 0 Å². The molecular weight excluding hydrogens is 527 g/mol. The fourth-order valence-electron chi connectivity index (χ4n) is 3.04. The van der Waals surface area contributed by atoms with Gasteiger partial charge in [-0.3, -0.25) is 19.0 Å². The minimum absolute atomic E-state index is 0.318. The molecule has 3 N–H and O–H groups in total. The molecule has 2 amide bonds. The molecule has 4 atom stereocenters. The van der Waals surface area contributed by atoms with Gasteiger partial charge in [-0.25, -0.2) is 18.4 Å². The van der Waals surface area contributed by atoms with Crippen molar-refractivity contribution in [3.05, 3.63) is 24.6 Å². The Hall–Kier alpha value is -2.32. The number of carbonyl (C=O) groups excluding carboxylic acids is 3. The summed E-state index contributed by atoms with van der Waals surface area (Å²) in [5.41, 5.74) is -3.40. The second-order valence-electron chi connectivity index (χ2n) is 11.0. The number of nitrogens with one attached hydrogen (secondary N) is 1. The normalized spacial score (nSPS) is 26.3. The van der Waals surface area contributed by atoms with Crippen LogP contribution in [0.5, 0.6) is 0 Å². The van der Waals surface area contributed by atoms with Crippen molar-refractivity contribution in [3.63, 3.8) is 0 Å². The summed E-state index contributed by atoms with van der Waals surface area (Å²) in [5.74, 6) is -1.32. The van der Waals surface area contributed by atoms with Gasteiger partial charge in [-0.2, -0.15) is 0 Å². The molecule has 0 bridgehead atoms. The molecule has 0 aromatic carbocycles. The van der Waals surface area contributed by atoms with E-state index in [1.807, 2.05) is 0 Å². The molecule has 0 aromatic heterocycles. The number of phosphoric acid groups is 1. The predicted molar refractivity (Wildman–Crippen MR) is 130 cm³/mol. The van der Waals surface area contributed by atoms with Gasteiger partial charge in [-0.1, -0.05) is 6.58 Å². The third-order valence-corrected chi connectivity index (χ3v) is 6.68. The maximum Gasteiger partial charge on any atom is 0.480 e. The Bertz CT molecular complexity index is 961. The monoisotopic (exact) mass is 564 g/mol. The molecule has 0 spiro atoms. The zero-order valence-electron chi connectivity index (χ0n) is 22.6. The van der Waals surface area contributed by atoms with E-state index in [2.05, 4.69) is 11.9 Å². The highest BCUT2D eigenvalue weighted by atomic mass is 31.2. The number of esters is 2. The van der Waals surface area contributed by atoms with Gasteiger partial charge < -0.3 is 29.7 Å². The van der Waals surface area contributed by atoms with Gasteiger partial charge in [-0.15, -0.1) is 0 Å². The summed E-state index contributed by atoms with van der Waals surface area (Å²) in [6.07, 6.45) is -1.48. The highest BCUT2D eigenvalue weighted by Gasteiger charge is 2.56. The van der Waals surface area contributed by atoms with Crippen LogP contribution in [0.2, 0.25) is 0 Å². The molecule has 0 aliphatic carbocycles. The van der Waals surface area contributed by atoms with Crippen LogP contribution in [0.1, 0.15) is 48.5 Å². The topological polar surface area (TPSA) is 179 Å². The van der Waals surface area contributed by atoms with E-state index in [1.165, 1.54) is 19.2 Å². The van der Waals surface area contributed by atoms with Crippen molar-refractivity contribution in [2.45, 2.75) is 72.5 Å². The number of hydrogen-bond acceptors (Lipinski definition) is 12. The quantitative estimate of drug-likeness (QED) is 0.200. The van der Waals surface area contributed by atoms with Crippen LogP contribution in [0.25, 0.3) is 0 Å². The summed E-state index contributed by atoms with van der Waals surface area (Å²) in [7, 11) is -4.58. The Morgan fingerprint density at radius 3 is 2.05 bits per heavy atom. The SMILES string of the molecule is C=C1C=CN([C@@H]2O[C@H](COP(=O)(OCOC(=O)C(C)(C)C)OCOC(=O)C(C)(C)C)[C@@H](O)[C@@]2(C)O)C(=O)N1. The highest BCUT2D eigenvalue weighted by molar-refractivity contribution is 7.48. The molecule has 0 unspecified atom stereocenters. The molecule has 0 aromatic rings. The Morgan fingerprint density at radius 1 is 1.11 bits per heavy atom. The zero-order chi connectivity index (χ0) is 29.1. The maximum absolute atomic E-state index is 13.2. The Labute approximate surface area is 221 Å². The lowest BCUT2D eigenvalue weighted by molar-refractivity contribution is -0.163. The van der Waals surface area contributed by atoms with Gasteiger partial charge in [-0.05, 0) is 54.5 Å². The largest absolute Gasteiger partial charge is 0.480 e. The van der Waals surface area contributed by atoms with Crippen LogP contribution < -0.4 is 5.32 Å². The van der Waals surface area contributed by atoms with Crippen molar-refractivity contribution in [1.29, 1.82) is 0 Å². The van der Waals surface area contributed by atoms with E-state index in [0.717, 1.165) is 4.90 Å². The fourth-order valence-corrected chi connectivity index (χ4v) is 3.96. The number of rotatable bonds is 10. The number of allylic oxidation sites excluding steroid dienone is 1. The summed E-state index contributed by atoms with van der Waals surface area (Å²) in [5, 5.41) is 24.0. The molecule has 2 heterocycles. The Kier molecular flexibility index (Phi) is 9.92. The Morgan fingerprint density at radius 2 is 1.61 bits per heavy atom. The van der Waals surface area contributed by atoms with Gasteiger partial charge in [0.15, 0.2) is 6.23 Å². The standard InChI is InChI=1S/C23H37N2O12P/c1-14-9-10-25(20(29)24-14)17-23(8,30)16(26)15(37-17)11-34-38(31,35-12-32-18(27)21(2,3)4)36-13-33-19(28)22(5,6)7/h9-10,15-17,26,30H,1,11-13H2,2-8H3,(H,24,29)/t15-,16-,17-,23-/m1/s1. The van der Waals surface area contributed by atoms with Crippen LogP contribution in [-0.4, -0.2) is 77.3 Å². The zero-order valence-corrected chi connectivity index (χ0v) is 23.5. The summed E-state index contributed by atoms with van der Waals surface area (Å²) < 4.78 is 44.2. The molecule has 2 aliphatic heterocycles. The van der Waals surface area contributed by atoms with Gasteiger partial charge in [0.25, 0.3) is 0 Å². The second-order valence-corrected chi connectivity index (χ2v) is 12.6. The molecule has 15 heteroatoms. The van der Waals surface area contributed by atoms with Crippen LogP contribution in [0.15, 0.2) is 24.6 Å². The third-order valence-electron chi connectivity index (χ3n) is 5.37. The second kappa shape index (κ2) is 11.8. The first-order valence-electron chi connectivity index (χ1n) is 11.7. The van der Waals surface area contributed by atoms with E-state index in [4.69, 9.17) is 27.8 Å². The number of carbonyl (C=O) groups is 3. The van der Waals surface area contributed by atoms with E-state index < -0.39 is 80.9 Å². The van der Waals surface area contributed by atoms with E-state index in [-0.39, 0.29) is 0 Å². The smallest absolute Gasteiger partial charge is 0.437 e. The van der Waals surface area contributed by atoms with Gasteiger partial charge >= 0.3 is 25.8 Å². The summed E-state index contributed by atoms with van der Waals surface area (Å²) in [4.78, 5) is 37.4. The minimum atomic E-state index is -4.58. The van der Waals surface area contributed by atoms with Crippen molar-refractivity contribution in [2.75, 3.05) is 20.2 Å². The molecule has 0 saturated carbocycles. The van der Waals surface area contributed by atoms with Crippen LogP contribution in [-0.2, 0) is 41.9 Å². The summed E-state index contributed by atoms with van der Waals surface area (Å²) >= 11 is 0.